The van der Waals surface area contributed by atoms with E-state index in [1.54, 1.807) is 25.3 Å². The molecule has 0 spiro atoms. The molecule has 2 heterocycles. The highest BCUT2D eigenvalue weighted by atomic mass is 16.5. The number of hydrogen-bond donors (Lipinski definition) is 1. The Labute approximate surface area is 174 Å². The van der Waals surface area contributed by atoms with Gasteiger partial charge < -0.3 is 19.2 Å². The van der Waals surface area contributed by atoms with Crippen LogP contribution in [0.1, 0.15) is 52.7 Å². The Morgan fingerprint density at radius 3 is 2.57 bits per heavy atom. The van der Waals surface area contributed by atoms with E-state index < -0.39 is 11.9 Å². The van der Waals surface area contributed by atoms with Crippen LogP contribution in [0, 0.1) is 19.8 Å². The van der Waals surface area contributed by atoms with Gasteiger partial charge in [-0.05, 0) is 54.7 Å². The Morgan fingerprint density at radius 1 is 1.10 bits per heavy atom. The minimum absolute atomic E-state index is 0.0744. The smallest absolute Gasteiger partial charge is 0.288 e. The zero-order valence-corrected chi connectivity index (χ0v) is 17.8. The van der Waals surface area contributed by atoms with Crippen LogP contribution in [0.25, 0.3) is 11.0 Å². The maximum Gasteiger partial charge on any atom is 0.288 e. The Balaban J connectivity index is 1.82. The summed E-state index contributed by atoms with van der Waals surface area (Å²) in [4.78, 5) is 25.9. The van der Waals surface area contributed by atoms with Crippen molar-refractivity contribution in [1.29, 1.82) is 0 Å². The number of carbonyl (C=O) groups excluding carboxylic acids is 1. The molecule has 30 heavy (non-hydrogen) atoms. The summed E-state index contributed by atoms with van der Waals surface area (Å²) in [6, 6.07) is 8.47. The molecule has 1 aromatic heterocycles. The van der Waals surface area contributed by atoms with Crippen LogP contribution in [-0.2, 0) is 0 Å². The predicted molar refractivity (Wildman–Crippen MR) is 115 cm³/mol. The average molecular weight is 407 g/mol. The number of methoxy groups -OCH3 is 1. The zero-order valence-electron chi connectivity index (χ0n) is 17.8. The van der Waals surface area contributed by atoms with Crippen LogP contribution in [0.3, 0.4) is 0 Å². The minimum Gasteiger partial charge on any atom is -0.493 e. The average Bonchev–Trinajstić information content (AvgIpc) is 3.06. The highest BCUT2D eigenvalue weighted by Gasteiger charge is 2.36. The van der Waals surface area contributed by atoms with Crippen molar-refractivity contribution in [3.63, 3.8) is 0 Å². The first kappa shape index (κ1) is 20.0. The fourth-order valence-electron chi connectivity index (χ4n) is 3.69. The summed E-state index contributed by atoms with van der Waals surface area (Å²) >= 11 is 0. The molecule has 0 saturated heterocycles. The number of carbonyl (C=O) groups is 1. The van der Waals surface area contributed by atoms with Crippen LogP contribution < -0.4 is 20.2 Å². The number of hydrogen-bond acceptors (Lipinski definition) is 5. The van der Waals surface area contributed by atoms with Gasteiger partial charge in [-0.25, -0.2) is 0 Å². The maximum absolute atomic E-state index is 13.3. The molecule has 1 N–H and O–H groups in total. The quantitative estimate of drug-likeness (QED) is 0.683. The lowest BCUT2D eigenvalue weighted by Crippen LogP contribution is -2.22. The monoisotopic (exact) mass is 407 g/mol. The molecule has 1 unspecified atom stereocenters. The van der Waals surface area contributed by atoms with Crippen molar-refractivity contribution in [2.24, 2.45) is 5.92 Å². The molecule has 1 aliphatic heterocycles. The number of nitrogens with one attached hydrogen (secondary N) is 1. The van der Waals surface area contributed by atoms with E-state index in [4.69, 9.17) is 13.9 Å². The summed E-state index contributed by atoms with van der Waals surface area (Å²) in [5.41, 5.74) is 3.18. The minimum atomic E-state index is -0.609. The third-order valence-corrected chi connectivity index (χ3v) is 5.48. The largest absolute Gasteiger partial charge is 0.493 e. The standard InChI is InChI=1S/C24H25NO5/c1-12(2)11-29-17-9-7-15(10-18(17)28-5)20-19-21(26)16-8-6-13(3)14(4)22(16)30-23(19)24(27)25-20/h6-10,12,20H,11H2,1-5H3,(H,25,27). The van der Waals surface area contributed by atoms with Gasteiger partial charge >= 0.3 is 0 Å². The van der Waals surface area contributed by atoms with E-state index in [9.17, 15) is 9.59 Å². The molecular formula is C24H25NO5. The van der Waals surface area contributed by atoms with Crippen LogP contribution in [0.2, 0.25) is 0 Å². The lowest BCUT2D eigenvalue weighted by atomic mass is 9.97. The second-order valence-electron chi connectivity index (χ2n) is 8.08. The van der Waals surface area contributed by atoms with Gasteiger partial charge in [-0.1, -0.05) is 26.0 Å². The van der Waals surface area contributed by atoms with E-state index in [-0.39, 0.29) is 11.2 Å². The van der Waals surface area contributed by atoms with Crippen molar-refractivity contribution in [3.05, 3.63) is 68.6 Å². The number of amides is 1. The molecule has 1 amide bonds. The number of benzene rings is 2. The first-order chi connectivity index (χ1) is 14.3. The van der Waals surface area contributed by atoms with E-state index in [0.29, 0.717) is 40.6 Å². The third kappa shape index (κ3) is 3.22. The van der Waals surface area contributed by atoms with Gasteiger partial charge in [0.05, 0.1) is 30.7 Å². The van der Waals surface area contributed by atoms with Crippen LogP contribution in [0.5, 0.6) is 11.5 Å². The first-order valence-electron chi connectivity index (χ1n) is 10.00. The second-order valence-corrected chi connectivity index (χ2v) is 8.08. The normalized spacial score (nSPS) is 15.4. The molecule has 6 heteroatoms. The number of aryl methyl sites for hydroxylation is 2. The highest BCUT2D eigenvalue weighted by Crippen LogP contribution is 2.36. The summed E-state index contributed by atoms with van der Waals surface area (Å²) in [6.45, 7) is 8.53. The fraction of sp³-hybridized carbons (Fsp3) is 0.333. The van der Waals surface area contributed by atoms with Gasteiger partial charge in [0.25, 0.3) is 5.91 Å². The molecular weight excluding hydrogens is 382 g/mol. The Hall–Kier alpha value is -3.28. The van der Waals surface area contributed by atoms with Gasteiger partial charge in [-0.3, -0.25) is 9.59 Å². The Morgan fingerprint density at radius 2 is 1.87 bits per heavy atom. The molecule has 4 rings (SSSR count). The van der Waals surface area contributed by atoms with Gasteiger partial charge in [0.15, 0.2) is 16.9 Å². The lowest BCUT2D eigenvalue weighted by Gasteiger charge is -2.16. The highest BCUT2D eigenvalue weighted by molar-refractivity contribution is 5.99. The maximum atomic E-state index is 13.3. The van der Waals surface area contributed by atoms with Gasteiger partial charge in [0.1, 0.15) is 5.58 Å². The molecule has 0 aliphatic carbocycles. The molecule has 3 aromatic rings. The van der Waals surface area contributed by atoms with E-state index in [1.165, 1.54) is 0 Å². The van der Waals surface area contributed by atoms with Gasteiger partial charge in [-0.15, -0.1) is 0 Å². The Kier molecular flexibility index (Phi) is 5.02. The summed E-state index contributed by atoms with van der Waals surface area (Å²) in [7, 11) is 1.56. The summed E-state index contributed by atoms with van der Waals surface area (Å²) in [6.07, 6.45) is 0. The molecule has 0 fully saturated rings. The SMILES string of the molecule is COc1cc(C2NC(=O)c3oc4c(C)c(C)ccc4c(=O)c32)ccc1OCC(C)C. The van der Waals surface area contributed by atoms with Gasteiger partial charge in [-0.2, -0.15) is 0 Å². The van der Waals surface area contributed by atoms with Crippen molar-refractivity contribution >= 4 is 16.9 Å². The number of ether oxygens (including phenoxy) is 2. The second kappa shape index (κ2) is 7.52. The van der Waals surface area contributed by atoms with E-state index in [0.717, 1.165) is 16.7 Å². The fourth-order valence-corrected chi connectivity index (χ4v) is 3.69. The molecule has 0 bridgehead atoms. The Bertz CT molecular complexity index is 1210. The van der Waals surface area contributed by atoms with Crippen molar-refractivity contribution in [2.45, 2.75) is 33.7 Å². The van der Waals surface area contributed by atoms with Crippen LogP contribution >= 0.6 is 0 Å². The molecule has 0 radical (unpaired) electrons. The number of fused-ring (bicyclic) bond motifs is 2. The molecule has 6 nitrogen and oxygen atoms in total. The van der Waals surface area contributed by atoms with Crippen molar-refractivity contribution in [1.82, 2.24) is 5.32 Å². The lowest BCUT2D eigenvalue weighted by molar-refractivity contribution is 0.0938. The molecule has 0 saturated carbocycles. The molecule has 2 aromatic carbocycles. The van der Waals surface area contributed by atoms with Crippen LogP contribution in [-0.4, -0.2) is 19.6 Å². The zero-order chi connectivity index (χ0) is 21.6. The number of rotatable bonds is 5. The predicted octanol–water partition coefficient (Wildman–Crippen LogP) is 4.29. The summed E-state index contributed by atoms with van der Waals surface area (Å²) in [5, 5.41) is 3.35. The van der Waals surface area contributed by atoms with Gasteiger partial charge in [0, 0.05) is 0 Å². The van der Waals surface area contributed by atoms with Crippen molar-refractivity contribution in [3.8, 4) is 11.5 Å². The first-order valence-corrected chi connectivity index (χ1v) is 10.00. The molecule has 1 atom stereocenters. The topological polar surface area (TPSA) is 77.8 Å². The van der Waals surface area contributed by atoms with Gasteiger partial charge in [0.2, 0.25) is 5.76 Å². The van der Waals surface area contributed by atoms with E-state index in [1.807, 2.05) is 26.0 Å². The van der Waals surface area contributed by atoms with Crippen molar-refractivity contribution < 1.29 is 18.7 Å². The summed E-state index contributed by atoms with van der Waals surface area (Å²) in [5.74, 6) is 1.23. The van der Waals surface area contributed by atoms with E-state index in [2.05, 4.69) is 19.2 Å². The van der Waals surface area contributed by atoms with E-state index >= 15 is 0 Å². The van der Waals surface area contributed by atoms with Crippen LogP contribution in [0.4, 0.5) is 0 Å². The van der Waals surface area contributed by atoms with Crippen LogP contribution in [0.15, 0.2) is 39.5 Å². The van der Waals surface area contributed by atoms with Crippen molar-refractivity contribution in [2.75, 3.05) is 13.7 Å². The summed E-state index contributed by atoms with van der Waals surface area (Å²) < 4.78 is 17.2. The molecule has 156 valence electrons. The molecule has 1 aliphatic rings. The third-order valence-electron chi connectivity index (χ3n) is 5.48.